The molecule has 0 N–H and O–H groups in total. The molecule has 0 aliphatic heterocycles. The Labute approximate surface area is 96.5 Å². The maximum Gasteiger partial charge on any atom is 0.200 e. The van der Waals surface area contributed by atoms with E-state index in [2.05, 4.69) is 5.10 Å². The molecule has 1 heterocycles. The fraction of sp³-hybridized carbons (Fsp3) is 0.0909. The summed E-state index contributed by atoms with van der Waals surface area (Å²) < 4.78 is 14.9. The standard InChI is InChI=1S/C11H8ClFN2O/c1-15-6-7(5-14-15)11(16)10-8(12)3-2-4-9(10)13/h2-6H,1H3. The van der Waals surface area contributed by atoms with E-state index in [4.69, 9.17) is 11.6 Å². The van der Waals surface area contributed by atoms with Crippen molar-refractivity contribution in [3.63, 3.8) is 0 Å². The van der Waals surface area contributed by atoms with Gasteiger partial charge < -0.3 is 0 Å². The van der Waals surface area contributed by atoms with Crippen LogP contribution >= 0.6 is 11.6 Å². The van der Waals surface area contributed by atoms with E-state index in [-0.39, 0.29) is 10.6 Å². The van der Waals surface area contributed by atoms with Crippen molar-refractivity contribution in [2.75, 3.05) is 0 Å². The van der Waals surface area contributed by atoms with Gasteiger partial charge in [-0.25, -0.2) is 4.39 Å². The van der Waals surface area contributed by atoms with Crippen molar-refractivity contribution in [2.24, 2.45) is 7.05 Å². The third-order valence-corrected chi connectivity index (χ3v) is 2.47. The summed E-state index contributed by atoms with van der Waals surface area (Å²) in [4.78, 5) is 11.9. The van der Waals surface area contributed by atoms with Crippen LogP contribution < -0.4 is 0 Å². The largest absolute Gasteiger partial charge is 0.288 e. The van der Waals surface area contributed by atoms with Crippen molar-refractivity contribution in [1.29, 1.82) is 0 Å². The highest BCUT2D eigenvalue weighted by molar-refractivity contribution is 6.35. The number of benzene rings is 1. The molecule has 0 amide bonds. The minimum Gasteiger partial charge on any atom is -0.288 e. The summed E-state index contributed by atoms with van der Waals surface area (Å²) >= 11 is 5.79. The fourth-order valence-corrected chi connectivity index (χ4v) is 1.65. The first kappa shape index (κ1) is 10.8. The van der Waals surface area contributed by atoms with Crippen molar-refractivity contribution in [3.8, 4) is 0 Å². The SMILES string of the molecule is Cn1cc(C(=O)c2c(F)cccc2Cl)cn1. The Kier molecular flexibility index (Phi) is 2.75. The van der Waals surface area contributed by atoms with Crippen LogP contribution in [0.1, 0.15) is 15.9 Å². The van der Waals surface area contributed by atoms with Crippen molar-refractivity contribution in [1.82, 2.24) is 9.78 Å². The van der Waals surface area contributed by atoms with Gasteiger partial charge in [-0.1, -0.05) is 17.7 Å². The summed E-state index contributed by atoms with van der Waals surface area (Å²) in [6, 6.07) is 4.14. The van der Waals surface area contributed by atoms with Gasteiger partial charge in [0.15, 0.2) is 0 Å². The van der Waals surface area contributed by atoms with E-state index in [1.165, 1.54) is 35.3 Å². The quantitative estimate of drug-likeness (QED) is 0.754. The van der Waals surface area contributed by atoms with Crippen LogP contribution in [0.15, 0.2) is 30.6 Å². The van der Waals surface area contributed by atoms with Gasteiger partial charge in [-0.05, 0) is 12.1 Å². The van der Waals surface area contributed by atoms with Gasteiger partial charge in [-0.15, -0.1) is 0 Å². The van der Waals surface area contributed by atoms with E-state index in [0.717, 1.165) is 0 Å². The van der Waals surface area contributed by atoms with E-state index >= 15 is 0 Å². The summed E-state index contributed by atoms with van der Waals surface area (Å²) in [7, 11) is 1.68. The van der Waals surface area contributed by atoms with Crippen LogP contribution in [-0.2, 0) is 7.05 Å². The van der Waals surface area contributed by atoms with Gasteiger partial charge in [-0.2, -0.15) is 5.10 Å². The number of hydrogen-bond donors (Lipinski definition) is 0. The fourth-order valence-electron chi connectivity index (χ4n) is 1.40. The molecule has 0 fully saturated rings. The Hall–Kier alpha value is -1.68. The molecule has 0 aliphatic rings. The van der Waals surface area contributed by atoms with Crippen LogP contribution in [0.25, 0.3) is 0 Å². The van der Waals surface area contributed by atoms with Gasteiger partial charge in [0, 0.05) is 13.2 Å². The number of hydrogen-bond acceptors (Lipinski definition) is 2. The molecule has 3 nitrogen and oxygen atoms in total. The summed E-state index contributed by atoms with van der Waals surface area (Å²) in [6.07, 6.45) is 2.90. The Morgan fingerprint density at radius 3 is 2.81 bits per heavy atom. The third kappa shape index (κ3) is 1.84. The lowest BCUT2D eigenvalue weighted by Gasteiger charge is -2.02. The molecule has 16 heavy (non-hydrogen) atoms. The molecule has 0 saturated heterocycles. The van der Waals surface area contributed by atoms with Crippen LogP contribution in [-0.4, -0.2) is 15.6 Å². The number of carbonyl (C=O) groups is 1. The molecule has 5 heteroatoms. The van der Waals surface area contributed by atoms with Gasteiger partial charge in [0.05, 0.1) is 22.3 Å². The molecule has 0 saturated carbocycles. The normalized spacial score (nSPS) is 10.4. The highest BCUT2D eigenvalue weighted by Gasteiger charge is 2.18. The molecular formula is C11H8ClFN2O. The van der Waals surface area contributed by atoms with Gasteiger partial charge >= 0.3 is 0 Å². The van der Waals surface area contributed by atoms with Crippen LogP contribution in [0.4, 0.5) is 4.39 Å². The van der Waals surface area contributed by atoms with Crippen molar-refractivity contribution in [2.45, 2.75) is 0 Å². The number of nitrogens with zero attached hydrogens (tertiary/aromatic N) is 2. The van der Waals surface area contributed by atoms with E-state index in [1.807, 2.05) is 0 Å². The topological polar surface area (TPSA) is 34.9 Å². The van der Waals surface area contributed by atoms with E-state index in [9.17, 15) is 9.18 Å². The lowest BCUT2D eigenvalue weighted by Crippen LogP contribution is -2.04. The third-order valence-electron chi connectivity index (χ3n) is 2.16. The Balaban J connectivity index is 2.49. The first-order valence-electron chi connectivity index (χ1n) is 4.57. The molecule has 0 atom stereocenters. The number of rotatable bonds is 2. The second-order valence-electron chi connectivity index (χ2n) is 3.33. The van der Waals surface area contributed by atoms with Crippen molar-refractivity contribution < 1.29 is 9.18 Å². The number of halogens is 2. The molecule has 2 rings (SSSR count). The zero-order valence-electron chi connectivity index (χ0n) is 8.45. The number of ketones is 1. The summed E-state index contributed by atoms with van der Waals surface area (Å²) in [5.74, 6) is -1.09. The van der Waals surface area contributed by atoms with Crippen LogP contribution in [0.3, 0.4) is 0 Å². The minimum absolute atomic E-state index is 0.105. The van der Waals surface area contributed by atoms with Gasteiger partial charge in [0.2, 0.25) is 5.78 Å². The molecule has 0 unspecified atom stereocenters. The van der Waals surface area contributed by atoms with Crippen molar-refractivity contribution in [3.05, 3.63) is 52.6 Å². The van der Waals surface area contributed by atoms with Crippen LogP contribution in [0, 0.1) is 5.82 Å². The maximum absolute atomic E-state index is 13.5. The van der Waals surface area contributed by atoms with Crippen LogP contribution in [0.2, 0.25) is 5.02 Å². The molecule has 82 valence electrons. The van der Waals surface area contributed by atoms with Gasteiger partial charge in [0.1, 0.15) is 5.82 Å². The van der Waals surface area contributed by atoms with Gasteiger partial charge in [-0.3, -0.25) is 9.48 Å². The monoisotopic (exact) mass is 238 g/mol. The second kappa shape index (κ2) is 4.06. The number of aromatic nitrogens is 2. The predicted molar refractivity (Wildman–Crippen MR) is 58.1 cm³/mol. The predicted octanol–water partition coefficient (Wildman–Crippen LogP) is 2.44. The highest BCUT2D eigenvalue weighted by atomic mass is 35.5. The number of aryl methyl sites for hydroxylation is 1. The van der Waals surface area contributed by atoms with E-state index < -0.39 is 11.6 Å². The average molecular weight is 239 g/mol. The Morgan fingerprint density at radius 2 is 2.25 bits per heavy atom. The lowest BCUT2D eigenvalue weighted by atomic mass is 10.1. The summed E-state index contributed by atoms with van der Waals surface area (Å²) in [6.45, 7) is 0. The van der Waals surface area contributed by atoms with Crippen LogP contribution in [0.5, 0.6) is 0 Å². The Bertz CT molecular complexity index is 530. The maximum atomic E-state index is 13.5. The highest BCUT2D eigenvalue weighted by Crippen LogP contribution is 2.21. The Morgan fingerprint density at radius 1 is 1.50 bits per heavy atom. The molecule has 0 radical (unpaired) electrons. The number of carbonyl (C=O) groups excluding carboxylic acids is 1. The molecule has 1 aromatic carbocycles. The van der Waals surface area contributed by atoms with E-state index in [1.54, 1.807) is 7.05 Å². The first-order chi connectivity index (χ1) is 7.59. The zero-order chi connectivity index (χ0) is 11.7. The molecule has 0 bridgehead atoms. The average Bonchev–Trinajstić information content (AvgIpc) is 2.64. The molecular weight excluding hydrogens is 231 g/mol. The molecule has 0 aliphatic carbocycles. The van der Waals surface area contributed by atoms with Crippen molar-refractivity contribution >= 4 is 17.4 Å². The molecule has 0 spiro atoms. The van der Waals surface area contributed by atoms with Gasteiger partial charge in [0.25, 0.3) is 0 Å². The smallest absolute Gasteiger partial charge is 0.200 e. The zero-order valence-corrected chi connectivity index (χ0v) is 9.20. The summed E-state index contributed by atoms with van der Waals surface area (Å²) in [5.41, 5.74) is 0.201. The minimum atomic E-state index is -0.624. The molecule has 2 aromatic rings. The molecule has 1 aromatic heterocycles. The second-order valence-corrected chi connectivity index (χ2v) is 3.74. The summed E-state index contributed by atoms with van der Waals surface area (Å²) in [5, 5.41) is 3.96. The lowest BCUT2D eigenvalue weighted by molar-refractivity contribution is 0.103. The first-order valence-corrected chi connectivity index (χ1v) is 4.95. The van der Waals surface area contributed by atoms with E-state index in [0.29, 0.717) is 5.56 Å².